The first kappa shape index (κ1) is 18.5. The Labute approximate surface area is 168 Å². The molecule has 0 fully saturated rings. The van der Waals surface area contributed by atoms with Crippen molar-refractivity contribution in [1.29, 1.82) is 0 Å². The number of thiophene rings is 1. The van der Waals surface area contributed by atoms with Crippen molar-refractivity contribution in [3.8, 4) is 17.2 Å². The van der Waals surface area contributed by atoms with Crippen molar-refractivity contribution in [3.63, 3.8) is 0 Å². The van der Waals surface area contributed by atoms with E-state index in [0.29, 0.717) is 5.56 Å². The van der Waals surface area contributed by atoms with Crippen molar-refractivity contribution >= 4 is 26.5 Å². The van der Waals surface area contributed by atoms with Crippen LogP contribution in [0.3, 0.4) is 0 Å². The molecule has 140 valence electrons. The van der Waals surface area contributed by atoms with E-state index < -0.39 is 5.60 Å². The smallest absolute Gasteiger partial charge is 0.339 e. The van der Waals surface area contributed by atoms with Gasteiger partial charge in [0, 0.05) is 40.8 Å². The lowest BCUT2D eigenvalue weighted by atomic mass is 9.89. The summed E-state index contributed by atoms with van der Waals surface area (Å²) in [5.74, 6) is 2.42. The molecule has 0 saturated heterocycles. The molecular formula is C25H23O2S+. The minimum atomic E-state index is -0.919. The molecule has 0 bridgehead atoms. The normalized spacial score (nSPS) is 18.6. The maximum Gasteiger partial charge on any atom is 0.339 e. The van der Waals surface area contributed by atoms with Crippen molar-refractivity contribution in [2.45, 2.75) is 32.3 Å². The van der Waals surface area contributed by atoms with Crippen LogP contribution in [0.25, 0.3) is 15.0 Å². The molecule has 0 aliphatic heterocycles. The topological polar surface area (TPSA) is 26.3 Å². The van der Waals surface area contributed by atoms with Crippen molar-refractivity contribution < 1.29 is 9.53 Å². The number of hydrogen-bond acceptors (Lipinski definition) is 2. The van der Waals surface area contributed by atoms with E-state index in [4.69, 9.17) is 11.2 Å². The number of fused-ring (bicyclic) bond motifs is 1. The quantitative estimate of drug-likeness (QED) is 0.224. The molecule has 0 spiro atoms. The lowest BCUT2D eigenvalue weighted by molar-refractivity contribution is -0.000687. The minimum absolute atomic E-state index is 0.0680. The molecule has 4 rings (SSSR count). The molecule has 0 radical (unpaired) electrons. The highest BCUT2D eigenvalue weighted by Gasteiger charge is 2.36. The first-order chi connectivity index (χ1) is 13.5. The monoisotopic (exact) mass is 387 g/mol. The highest BCUT2D eigenvalue weighted by molar-refractivity contribution is 7.45. The fraction of sp³-hybridized carbons (Fsp3) is 0.240. The van der Waals surface area contributed by atoms with Crippen LogP contribution in [0.2, 0.25) is 0 Å². The van der Waals surface area contributed by atoms with Gasteiger partial charge in [0.15, 0.2) is 20.1 Å². The van der Waals surface area contributed by atoms with E-state index >= 15 is 0 Å². The summed E-state index contributed by atoms with van der Waals surface area (Å²) >= 11 is 0. The summed E-state index contributed by atoms with van der Waals surface area (Å²) in [6.07, 6.45) is 11.8. The van der Waals surface area contributed by atoms with Gasteiger partial charge < -0.3 is 4.74 Å². The van der Waals surface area contributed by atoms with E-state index in [-0.39, 0.29) is 22.4 Å². The first-order valence-corrected chi connectivity index (χ1v) is 10.7. The Balaban J connectivity index is 1.67. The van der Waals surface area contributed by atoms with Crippen LogP contribution in [-0.2, 0) is 4.74 Å². The number of ether oxygens (including phenoxy) is 1. The van der Waals surface area contributed by atoms with Gasteiger partial charge in [-0.15, -0.1) is 6.42 Å². The Morgan fingerprint density at radius 2 is 2.04 bits per heavy atom. The van der Waals surface area contributed by atoms with Crippen LogP contribution in [-0.4, -0.2) is 11.6 Å². The third-order valence-electron chi connectivity index (χ3n) is 5.44. The van der Waals surface area contributed by atoms with Gasteiger partial charge in [0.25, 0.3) is 0 Å². The van der Waals surface area contributed by atoms with Crippen molar-refractivity contribution in [1.82, 2.24) is 0 Å². The Kier molecular flexibility index (Phi) is 4.83. The molecule has 1 heterocycles. The second-order valence-electron chi connectivity index (χ2n) is 7.38. The molecule has 3 unspecified atom stereocenters. The van der Waals surface area contributed by atoms with Crippen molar-refractivity contribution in [3.05, 3.63) is 77.2 Å². The third kappa shape index (κ3) is 3.25. The molecule has 3 aromatic rings. The summed E-state index contributed by atoms with van der Waals surface area (Å²) in [6.45, 7) is 3.98. The highest BCUT2D eigenvalue weighted by Crippen LogP contribution is 2.43. The van der Waals surface area contributed by atoms with E-state index in [9.17, 15) is 4.79 Å². The average molecular weight is 388 g/mol. The minimum Gasteiger partial charge on any atom is -0.442 e. The second-order valence-corrected chi connectivity index (χ2v) is 9.55. The number of benzene rings is 2. The third-order valence-corrected chi connectivity index (χ3v) is 7.74. The largest absolute Gasteiger partial charge is 0.442 e. The van der Waals surface area contributed by atoms with Gasteiger partial charge in [-0.2, -0.15) is 0 Å². The number of carbonyl (C=O) groups excluding carboxylic acids is 1. The summed E-state index contributed by atoms with van der Waals surface area (Å²) in [5.41, 5.74) is -0.372. The number of esters is 1. The number of terminal acetylenes is 1. The van der Waals surface area contributed by atoms with Crippen LogP contribution in [0, 0.1) is 25.2 Å². The molecule has 1 aliphatic rings. The molecule has 1 aromatic heterocycles. The number of hydrogen-bond donors (Lipinski definition) is 0. The van der Waals surface area contributed by atoms with Crippen LogP contribution in [0.5, 0.6) is 0 Å². The Morgan fingerprint density at radius 1 is 1.21 bits per heavy atom. The number of carbonyl (C=O) groups is 1. The van der Waals surface area contributed by atoms with Gasteiger partial charge in [-0.1, -0.05) is 36.3 Å². The van der Waals surface area contributed by atoms with Crippen LogP contribution < -0.4 is 0 Å². The Bertz CT molecular complexity index is 1120. The summed E-state index contributed by atoms with van der Waals surface area (Å²) in [6, 6.07) is 18.4. The maximum absolute atomic E-state index is 12.9. The van der Waals surface area contributed by atoms with Gasteiger partial charge in [-0.3, -0.25) is 0 Å². The number of aryl methyl sites for hydroxylation is 1. The Morgan fingerprint density at radius 3 is 2.79 bits per heavy atom. The second kappa shape index (κ2) is 7.30. The predicted octanol–water partition coefficient (Wildman–Crippen LogP) is 6.40. The summed E-state index contributed by atoms with van der Waals surface area (Å²) in [7, 11) is -0.162. The van der Waals surface area contributed by atoms with Gasteiger partial charge in [0.1, 0.15) is 0 Å². The summed E-state index contributed by atoms with van der Waals surface area (Å²) in [4.78, 5) is 15.3. The van der Waals surface area contributed by atoms with E-state index in [0.717, 1.165) is 17.7 Å². The van der Waals surface area contributed by atoms with Crippen molar-refractivity contribution in [2.24, 2.45) is 5.92 Å². The molecule has 28 heavy (non-hydrogen) atoms. The van der Waals surface area contributed by atoms with Crippen LogP contribution >= 0.6 is 10.5 Å². The molecule has 2 aromatic carbocycles. The standard InChI is InChI=1S/C25H23O2S/c1-4-25(3,21-12-6-7-13-21)27-24(26)20-11-9-14-22(17-20)28-18(2)16-19-10-5-8-15-23(19)28/h1,5-6,8-12,14-17,21H,7,13H2,2-3H3/q+1. The van der Waals surface area contributed by atoms with Gasteiger partial charge >= 0.3 is 5.97 Å². The lowest BCUT2D eigenvalue weighted by Gasteiger charge is -2.29. The fourth-order valence-corrected chi connectivity index (χ4v) is 6.11. The van der Waals surface area contributed by atoms with E-state index in [1.807, 2.05) is 19.1 Å². The molecule has 3 heteroatoms. The van der Waals surface area contributed by atoms with Crippen LogP contribution in [0.1, 0.15) is 35.0 Å². The van der Waals surface area contributed by atoms with E-state index in [2.05, 4.69) is 61.4 Å². The van der Waals surface area contributed by atoms with E-state index in [1.165, 1.54) is 15.0 Å². The van der Waals surface area contributed by atoms with E-state index in [1.54, 1.807) is 6.07 Å². The molecular weight excluding hydrogens is 364 g/mol. The molecule has 0 N–H and O–H groups in total. The number of rotatable bonds is 4. The Hall–Kier alpha value is -2.83. The summed E-state index contributed by atoms with van der Waals surface area (Å²) in [5, 5.41) is 1.25. The van der Waals surface area contributed by atoms with Crippen LogP contribution in [0.4, 0.5) is 0 Å². The molecule has 2 nitrogen and oxygen atoms in total. The van der Waals surface area contributed by atoms with Crippen molar-refractivity contribution in [2.75, 3.05) is 0 Å². The van der Waals surface area contributed by atoms with Gasteiger partial charge in [0.2, 0.25) is 0 Å². The van der Waals surface area contributed by atoms with Gasteiger partial charge in [0.05, 0.1) is 5.56 Å². The summed E-state index contributed by atoms with van der Waals surface area (Å²) < 4.78 is 7.13. The molecule has 3 atom stereocenters. The zero-order valence-corrected chi connectivity index (χ0v) is 17.0. The molecule has 0 saturated carbocycles. The predicted molar refractivity (Wildman–Crippen MR) is 117 cm³/mol. The molecule has 0 amide bonds. The zero-order valence-electron chi connectivity index (χ0n) is 16.1. The number of allylic oxidation sites excluding steroid dienone is 1. The fourth-order valence-electron chi connectivity index (χ4n) is 3.86. The lowest BCUT2D eigenvalue weighted by Crippen LogP contribution is -2.36. The SMILES string of the molecule is C#CC(C)(OC(=O)c1cccc(-[s+]2c(C)cc3ccccc32)c1)C1C=CCC1. The van der Waals surface area contributed by atoms with Gasteiger partial charge in [-0.25, -0.2) is 4.79 Å². The molecule has 1 aliphatic carbocycles. The van der Waals surface area contributed by atoms with Crippen LogP contribution in [0.15, 0.2) is 66.7 Å². The average Bonchev–Trinajstić information content (AvgIpc) is 3.35. The first-order valence-electron chi connectivity index (χ1n) is 9.51. The highest BCUT2D eigenvalue weighted by atomic mass is 32.2. The maximum atomic E-state index is 12.9. The van der Waals surface area contributed by atoms with Gasteiger partial charge in [-0.05, 0) is 44.0 Å². The zero-order chi connectivity index (χ0) is 19.7.